The van der Waals surface area contributed by atoms with Gasteiger partial charge in [-0.05, 0) is 19.4 Å². The minimum absolute atomic E-state index is 0.0248. The Balaban J connectivity index is 2.03. The summed E-state index contributed by atoms with van der Waals surface area (Å²) in [7, 11) is 0. The van der Waals surface area contributed by atoms with Crippen molar-refractivity contribution in [3.05, 3.63) is 45.7 Å². The molecule has 2 aromatic heterocycles. The van der Waals surface area contributed by atoms with Gasteiger partial charge in [-0.1, -0.05) is 6.92 Å². The maximum absolute atomic E-state index is 10.7. The first-order valence-electron chi connectivity index (χ1n) is 5.97. The summed E-state index contributed by atoms with van der Waals surface area (Å²) in [5.74, 6) is 1.41. The molecule has 2 heterocycles. The van der Waals surface area contributed by atoms with E-state index in [-0.39, 0.29) is 5.69 Å². The monoisotopic (exact) mass is 261 g/mol. The molecule has 0 bridgehead atoms. The molecular formula is C12H15N5O2. The summed E-state index contributed by atoms with van der Waals surface area (Å²) < 4.78 is 0. The lowest BCUT2D eigenvalue weighted by Gasteiger charge is -2.04. The van der Waals surface area contributed by atoms with Crippen molar-refractivity contribution < 1.29 is 4.92 Å². The third-order valence-corrected chi connectivity index (χ3v) is 2.78. The van der Waals surface area contributed by atoms with Crippen molar-refractivity contribution in [1.82, 2.24) is 15.0 Å². The van der Waals surface area contributed by atoms with E-state index in [1.807, 2.05) is 6.92 Å². The van der Waals surface area contributed by atoms with Crippen molar-refractivity contribution in [3.8, 4) is 0 Å². The van der Waals surface area contributed by atoms with E-state index in [1.54, 1.807) is 19.2 Å². The number of rotatable bonds is 5. The van der Waals surface area contributed by atoms with E-state index in [2.05, 4.69) is 20.3 Å². The van der Waals surface area contributed by atoms with Gasteiger partial charge in [-0.3, -0.25) is 10.1 Å². The van der Waals surface area contributed by atoms with Crippen LogP contribution < -0.4 is 5.32 Å². The van der Waals surface area contributed by atoms with E-state index >= 15 is 0 Å². The number of aromatic amines is 1. The molecule has 0 saturated heterocycles. The van der Waals surface area contributed by atoms with E-state index in [1.165, 1.54) is 6.20 Å². The van der Waals surface area contributed by atoms with Crippen molar-refractivity contribution in [1.29, 1.82) is 0 Å². The van der Waals surface area contributed by atoms with Crippen LogP contribution in [-0.4, -0.2) is 19.9 Å². The second-order valence-corrected chi connectivity index (χ2v) is 4.18. The van der Waals surface area contributed by atoms with E-state index in [0.29, 0.717) is 17.9 Å². The second kappa shape index (κ2) is 5.47. The third-order valence-electron chi connectivity index (χ3n) is 2.78. The van der Waals surface area contributed by atoms with Gasteiger partial charge in [0, 0.05) is 17.5 Å². The number of nitro groups is 1. The molecule has 2 N–H and O–H groups in total. The molecule has 19 heavy (non-hydrogen) atoms. The highest BCUT2D eigenvalue weighted by Crippen LogP contribution is 2.18. The normalized spacial score (nSPS) is 10.4. The Hall–Kier alpha value is -2.44. The topological polar surface area (TPSA) is 96.7 Å². The molecule has 0 unspecified atom stereocenters. The maximum Gasteiger partial charge on any atom is 0.290 e. The van der Waals surface area contributed by atoms with Crippen LogP contribution in [0.3, 0.4) is 0 Å². The van der Waals surface area contributed by atoms with Gasteiger partial charge in [0.1, 0.15) is 17.8 Å². The molecule has 0 aliphatic carbocycles. The molecular weight excluding hydrogens is 246 g/mol. The average Bonchev–Trinajstić information content (AvgIpc) is 2.84. The zero-order chi connectivity index (χ0) is 13.8. The standard InChI is InChI=1S/C12H15N5O2/c1-3-9-5-13-12(16-9)7-15-11-4-8(2)10(6-14-11)17(18)19/h4-6H,3,7H2,1-2H3,(H,13,16)(H,14,15). The van der Waals surface area contributed by atoms with Crippen LogP contribution in [0.2, 0.25) is 0 Å². The minimum Gasteiger partial charge on any atom is -0.363 e. The lowest BCUT2D eigenvalue weighted by Crippen LogP contribution is -2.04. The maximum atomic E-state index is 10.7. The first-order chi connectivity index (χ1) is 9.10. The molecule has 0 atom stereocenters. The lowest BCUT2D eigenvalue weighted by atomic mass is 10.2. The van der Waals surface area contributed by atoms with Gasteiger partial charge in [0.15, 0.2) is 0 Å². The van der Waals surface area contributed by atoms with E-state index in [0.717, 1.165) is 17.9 Å². The Kier molecular flexibility index (Phi) is 3.74. The molecule has 0 radical (unpaired) electrons. The number of pyridine rings is 1. The summed E-state index contributed by atoms with van der Waals surface area (Å²) in [6, 6.07) is 1.65. The molecule has 2 aromatic rings. The smallest absolute Gasteiger partial charge is 0.290 e. The first-order valence-corrected chi connectivity index (χ1v) is 5.97. The van der Waals surface area contributed by atoms with Crippen molar-refractivity contribution >= 4 is 11.5 Å². The molecule has 0 aliphatic rings. The van der Waals surface area contributed by atoms with Gasteiger partial charge in [-0.15, -0.1) is 0 Å². The van der Waals surface area contributed by atoms with Gasteiger partial charge in [-0.2, -0.15) is 0 Å². The summed E-state index contributed by atoms with van der Waals surface area (Å²) in [4.78, 5) is 21.6. The molecule has 0 fully saturated rings. The summed E-state index contributed by atoms with van der Waals surface area (Å²) in [5, 5.41) is 13.8. The lowest BCUT2D eigenvalue weighted by molar-refractivity contribution is -0.385. The third kappa shape index (κ3) is 3.06. The SMILES string of the molecule is CCc1cnc(CNc2cc(C)c([N+](=O)[O-])cn2)[nH]1. The minimum atomic E-state index is -0.438. The van der Waals surface area contributed by atoms with Crippen LogP contribution >= 0.6 is 0 Å². The molecule has 0 amide bonds. The number of aryl methyl sites for hydroxylation is 2. The Morgan fingerprint density at radius 3 is 2.79 bits per heavy atom. The van der Waals surface area contributed by atoms with Crippen LogP contribution in [0.5, 0.6) is 0 Å². The fraction of sp³-hybridized carbons (Fsp3) is 0.333. The Labute approximate surface area is 110 Å². The molecule has 7 heteroatoms. The van der Waals surface area contributed by atoms with Crippen molar-refractivity contribution in [2.45, 2.75) is 26.8 Å². The van der Waals surface area contributed by atoms with Crippen molar-refractivity contribution in [2.24, 2.45) is 0 Å². The van der Waals surface area contributed by atoms with Gasteiger partial charge >= 0.3 is 0 Å². The second-order valence-electron chi connectivity index (χ2n) is 4.18. The van der Waals surface area contributed by atoms with Gasteiger partial charge in [0.25, 0.3) is 5.69 Å². The molecule has 0 aliphatic heterocycles. The van der Waals surface area contributed by atoms with Gasteiger partial charge < -0.3 is 10.3 Å². The highest BCUT2D eigenvalue weighted by Gasteiger charge is 2.11. The van der Waals surface area contributed by atoms with Crippen LogP contribution in [0.25, 0.3) is 0 Å². The Morgan fingerprint density at radius 2 is 2.21 bits per heavy atom. The summed E-state index contributed by atoms with van der Waals surface area (Å²) in [6.07, 6.45) is 3.96. The largest absolute Gasteiger partial charge is 0.363 e. The first kappa shape index (κ1) is 13.0. The van der Waals surface area contributed by atoms with Crippen molar-refractivity contribution in [2.75, 3.05) is 5.32 Å². The number of imidazole rings is 1. The van der Waals surface area contributed by atoms with E-state index in [9.17, 15) is 10.1 Å². The molecule has 100 valence electrons. The predicted octanol–water partition coefficient (Wildman–Crippen LogP) is 2.20. The molecule has 0 spiro atoms. The fourth-order valence-electron chi connectivity index (χ4n) is 1.69. The van der Waals surface area contributed by atoms with Crippen LogP contribution in [0.1, 0.15) is 24.0 Å². The number of hydrogen-bond acceptors (Lipinski definition) is 5. The molecule has 7 nitrogen and oxygen atoms in total. The predicted molar refractivity (Wildman–Crippen MR) is 70.9 cm³/mol. The van der Waals surface area contributed by atoms with Gasteiger partial charge in [0.2, 0.25) is 0 Å². The van der Waals surface area contributed by atoms with Crippen molar-refractivity contribution in [3.63, 3.8) is 0 Å². The highest BCUT2D eigenvalue weighted by atomic mass is 16.6. The van der Waals surface area contributed by atoms with Crippen LogP contribution in [0, 0.1) is 17.0 Å². The molecule has 0 saturated carbocycles. The number of aromatic nitrogens is 3. The van der Waals surface area contributed by atoms with Crippen LogP contribution in [-0.2, 0) is 13.0 Å². The number of H-pyrrole nitrogens is 1. The summed E-state index contributed by atoms with van der Waals surface area (Å²) in [6.45, 7) is 4.24. The number of nitrogens with one attached hydrogen (secondary N) is 2. The fourth-order valence-corrected chi connectivity index (χ4v) is 1.69. The highest BCUT2D eigenvalue weighted by molar-refractivity contribution is 5.46. The average molecular weight is 261 g/mol. The Bertz CT molecular complexity index is 594. The van der Waals surface area contributed by atoms with E-state index in [4.69, 9.17) is 0 Å². The quantitative estimate of drug-likeness (QED) is 0.635. The van der Waals surface area contributed by atoms with E-state index < -0.39 is 4.92 Å². The summed E-state index contributed by atoms with van der Waals surface area (Å²) in [5.41, 5.74) is 1.68. The van der Waals surface area contributed by atoms with Crippen LogP contribution in [0.15, 0.2) is 18.5 Å². The zero-order valence-corrected chi connectivity index (χ0v) is 10.8. The van der Waals surface area contributed by atoms with Crippen LogP contribution in [0.4, 0.5) is 11.5 Å². The van der Waals surface area contributed by atoms with Gasteiger partial charge in [-0.25, -0.2) is 9.97 Å². The Morgan fingerprint density at radius 1 is 1.42 bits per heavy atom. The number of nitrogens with zero attached hydrogens (tertiary/aromatic N) is 3. The molecule has 0 aromatic carbocycles. The molecule has 2 rings (SSSR count). The summed E-state index contributed by atoms with van der Waals surface area (Å²) >= 11 is 0. The van der Waals surface area contributed by atoms with Gasteiger partial charge in [0.05, 0.1) is 11.5 Å². The number of hydrogen-bond donors (Lipinski definition) is 2. The zero-order valence-electron chi connectivity index (χ0n) is 10.8. The number of anilines is 1.